The van der Waals surface area contributed by atoms with Crippen LogP contribution in [0.25, 0.3) is 11.3 Å². The third kappa shape index (κ3) is 5.92. The fourth-order valence-corrected chi connectivity index (χ4v) is 4.71. The maximum Gasteiger partial charge on any atom is 0.273 e. The summed E-state index contributed by atoms with van der Waals surface area (Å²) >= 11 is 6.76. The number of halogens is 1. The minimum absolute atomic E-state index is 0.0614. The normalized spacial score (nSPS) is 20.9. The molecule has 0 radical (unpaired) electrons. The topological polar surface area (TPSA) is 92.1 Å². The smallest absolute Gasteiger partial charge is 0.273 e. The molecule has 0 spiro atoms. The molecule has 1 amide bonds. The number of nitrogens with one attached hydrogen (secondary N) is 2. The van der Waals surface area contributed by atoms with Gasteiger partial charge in [-0.15, -0.1) is 0 Å². The van der Waals surface area contributed by atoms with Crippen molar-refractivity contribution < 1.29 is 9.90 Å². The molecule has 0 saturated heterocycles. The summed E-state index contributed by atoms with van der Waals surface area (Å²) in [5.41, 5.74) is 1.92. The SMILES string of the molecule is CCc1cc(NC(C)(C)CC)ncc1-c1c(Cl)c(C(=O)NCC2(O)CCC(C)CC2)nn1CC. The molecule has 3 N–H and O–H groups in total. The summed E-state index contributed by atoms with van der Waals surface area (Å²) in [7, 11) is 0. The van der Waals surface area contributed by atoms with Gasteiger partial charge in [-0.1, -0.05) is 32.4 Å². The zero-order chi connectivity index (χ0) is 25.1. The fourth-order valence-electron chi connectivity index (χ4n) is 4.38. The van der Waals surface area contributed by atoms with Gasteiger partial charge in [0, 0.05) is 30.4 Å². The van der Waals surface area contributed by atoms with E-state index < -0.39 is 5.60 Å². The Bertz CT molecular complexity index is 1010. The third-order valence-corrected chi connectivity index (χ3v) is 7.53. The molecule has 8 heteroatoms. The van der Waals surface area contributed by atoms with Crippen molar-refractivity contribution >= 4 is 23.3 Å². The van der Waals surface area contributed by atoms with Gasteiger partial charge in [-0.3, -0.25) is 9.48 Å². The van der Waals surface area contributed by atoms with Gasteiger partial charge in [-0.2, -0.15) is 5.10 Å². The highest BCUT2D eigenvalue weighted by molar-refractivity contribution is 6.36. The molecular formula is C26H40ClN5O2. The van der Waals surface area contributed by atoms with Crippen LogP contribution in [-0.2, 0) is 13.0 Å². The largest absolute Gasteiger partial charge is 0.388 e. The maximum atomic E-state index is 13.0. The van der Waals surface area contributed by atoms with Gasteiger partial charge < -0.3 is 15.7 Å². The van der Waals surface area contributed by atoms with Crippen LogP contribution >= 0.6 is 11.6 Å². The zero-order valence-corrected chi connectivity index (χ0v) is 22.2. The van der Waals surface area contributed by atoms with Crippen LogP contribution in [0.4, 0.5) is 5.82 Å². The number of aryl methyl sites for hydroxylation is 2. The Kier molecular flexibility index (Phi) is 8.30. The average Bonchev–Trinajstić information content (AvgIpc) is 3.15. The molecule has 0 unspecified atom stereocenters. The molecule has 34 heavy (non-hydrogen) atoms. The van der Waals surface area contributed by atoms with Crippen LogP contribution in [0.1, 0.15) is 89.7 Å². The predicted octanol–water partition coefficient (Wildman–Crippen LogP) is 5.45. The molecule has 0 aromatic carbocycles. The summed E-state index contributed by atoms with van der Waals surface area (Å²) < 4.78 is 1.76. The number of carbonyl (C=O) groups is 1. The second kappa shape index (κ2) is 10.6. The predicted molar refractivity (Wildman–Crippen MR) is 138 cm³/mol. The van der Waals surface area contributed by atoms with Gasteiger partial charge in [0.25, 0.3) is 5.91 Å². The molecule has 1 aliphatic rings. The molecular weight excluding hydrogens is 450 g/mol. The Balaban J connectivity index is 1.86. The van der Waals surface area contributed by atoms with E-state index in [-0.39, 0.29) is 23.7 Å². The Morgan fingerprint density at radius 1 is 1.29 bits per heavy atom. The van der Waals surface area contributed by atoms with Gasteiger partial charge in [0.2, 0.25) is 0 Å². The number of aromatic nitrogens is 3. The molecule has 0 aliphatic heterocycles. The van der Waals surface area contributed by atoms with Crippen LogP contribution in [0, 0.1) is 5.92 Å². The number of aliphatic hydroxyl groups is 1. The zero-order valence-electron chi connectivity index (χ0n) is 21.5. The van der Waals surface area contributed by atoms with Crippen molar-refractivity contribution in [3.05, 3.63) is 28.5 Å². The van der Waals surface area contributed by atoms with Gasteiger partial charge in [0.1, 0.15) is 5.82 Å². The minimum Gasteiger partial charge on any atom is -0.388 e. The lowest BCUT2D eigenvalue weighted by molar-refractivity contribution is -0.00544. The lowest BCUT2D eigenvalue weighted by Gasteiger charge is -2.34. The van der Waals surface area contributed by atoms with E-state index in [1.165, 1.54) is 0 Å². The quantitative estimate of drug-likeness (QED) is 0.435. The van der Waals surface area contributed by atoms with Crippen molar-refractivity contribution in [2.75, 3.05) is 11.9 Å². The van der Waals surface area contributed by atoms with Crippen molar-refractivity contribution in [3.63, 3.8) is 0 Å². The standard InChI is InChI=1S/C26H40ClN5O2/c1-7-18-14-20(30-25(5,6)8-2)28-15-19(18)23-21(27)22(31-32(23)9-3)24(33)29-16-26(34)12-10-17(4)11-13-26/h14-15,17,34H,7-13,16H2,1-6H3,(H,28,30)(H,29,33). The van der Waals surface area contributed by atoms with Crippen LogP contribution in [-0.4, -0.2) is 43.5 Å². The van der Waals surface area contributed by atoms with Crippen molar-refractivity contribution in [1.29, 1.82) is 0 Å². The number of nitrogens with zero attached hydrogens (tertiary/aromatic N) is 3. The number of rotatable bonds is 9. The first-order chi connectivity index (χ1) is 16.0. The van der Waals surface area contributed by atoms with Crippen molar-refractivity contribution in [2.24, 2.45) is 5.92 Å². The van der Waals surface area contributed by atoms with Crippen LogP contribution in [0.3, 0.4) is 0 Å². The minimum atomic E-state index is -0.862. The molecule has 3 rings (SSSR count). The van der Waals surface area contributed by atoms with Gasteiger partial charge >= 0.3 is 0 Å². The summed E-state index contributed by atoms with van der Waals surface area (Å²) in [6.07, 6.45) is 6.89. The molecule has 1 saturated carbocycles. The Labute approximate surface area is 208 Å². The number of hydrogen-bond acceptors (Lipinski definition) is 5. The van der Waals surface area contributed by atoms with Gasteiger partial charge in [-0.05, 0) is 76.8 Å². The number of anilines is 1. The molecule has 1 fully saturated rings. The van der Waals surface area contributed by atoms with Crippen LogP contribution in [0.2, 0.25) is 5.02 Å². The Hall–Kier alpha value is -2.12. The molecule has 1 aliphatic carbocycles. The molecule has 0 atom stereocenters. The summed E-state index contributed by atoms with van der Waals surface area (Å²) in [6, 6.07) is 2.05. The fraction of sp³-hybridized carbons (Fsp3) is 0.654. The first-order valence-corrected chi connectivity index (χ1v) is 12.9. The number of carbonyl (C=O) groups excluding carboxylic acids is 1. The number of amides is 1. The third-order valence-electron chi connectivity index (χ3n) is 7.17. The van der Waals surface area contributed by atoms with Crippen LogP contribution in [0.15, 0.2) is 12.3 Å². The monoisotopic (exact) mass is 489 g/mol. The Morgan fingerprint density at radius 2 is 1.97 bits per heavy atom. The maximum absolute atomic E-state index is 13.0. The summed E-state index contributed by atoms with van der Waals surface area (Å²) in [4.78, 5) is 17.7. The lowest BCUT2D eigenvalue weighted by Crippen LogP contribution is -2.45. The second-order valence-electron chi connectivity index (χ2n) is 10.4. The van der Waals surface area contributed by atoms with E-state index >= 15 is 0 Å². The van der Waals surface area contributed by atoms with Gasteiger partial charge in [0.05, 0.1) is 16.3 Å². The molecule has 188 valence electrons. The Morgan fingerprint density at radius 3 is 2.56 bits per heavy atom. The first-order valence-electron chi connectivity index (χ1n) is 12.6. The van der Waals surface area contributed by atoms with Crippen LogP contribution < -0.4 is 10.6 Å². The summed E-state index contributed by atoms with van der Waals surface area (Å²) in [5.74, 6) is 1.07. The van der Waals surface area contributed by atoms with Crippen molar-refractivity contribution in [1.82, 2.24) is 20.1 Å². The number of pyridine rings is 1. The van der Waals surface area contributed by atoms with E-state index in [1.807, 2.05) is 13.1 Å². The van der Waals surface area contributed by atoms with E-state index in [0.29, 0.717) is 36.0 Å². The molecule has 2 heterocycles. The van der Waals surface area contributed by atoms with E-state index in [4.69, 9.17) is 11.6 Å². The first kappa shape index (κ1) is 26.5. The molecule has 7 nitrogen and oxygen atoms in total. The summed E-state index contributed by atoms with van der Waals surface area (Å²) in [6.45, 7) is 13.5. The second-order valence-corrected chi connectivity index (χ2v) is 10.7. The average molecular weight is 490 g/mol. The van der Waals surface area contributed by atoms with Gasteiger partial charge in [-0.25, -0.2) is 4.98 Å². The number of hydrogen-bond donors (Lipinski definition) is 3. The van der Waals surface area contributed by atoms with E-state index in [9.17, 15) is 9.90 Å². The lowest BCUT2D eigenvalue weighted by atomic mass is 9.79. The van der Waals surface area contributed by atoms with Crippen molar-refractivity contribution in [3.8, 4) is 11.3 Å². The molecule has 2 aromatic rings. The summed E-state index contributed by atoms with van der Waals surface area (Å²) in [5, 5.41) is 22.0. The van der Waals surface area contributed by atoms with Crippen LogP contribution in [0.5, 0.6) is 0 Å². The highest BCUT2D eigenvalue weighted by Crippen LogP contribution is 2.35. The van der Waals surface area contributed by atoms with Crippen molar-refractivity contribution in [2.45, 2.75) is 97.8 Å². The van der Waals surface area contributed by atoms with E-state index in [2.05, 4.69) is 61.4 Å². The van der Waals surface area contributed by atoms with Gasteiger partial charge in [0.15, 0.2) is 5.69 Å². The molecule has 0 bridgehead atoms. The van der Waals surface area contributed by atoms with E-state index in [0.717, 1.165) is 42.6 Å². The highest BCUT2D eigenvalue weighted by atomic mass is 35.5. The highest BCUT2D eigenvalue weighted by Gasteiger charge is 2.33. The molecule has 2 aromatic heterocycles. The van der Waals surface area contributed by atoms with E-state index in [1.54, 1.807) is 4.68 Å².